The quantitative estimate of drug-likeness (QED) is 0.813. The predicted molar refractivity (Wildman–Crippen MR) is 78.0 cm³/mol. The van der Waals surface area contributed by atoms with Crippen molar-refractivity contribution in [2.45, 2.75) is 31.9 Å². The first kappa shape index (κ1) is 14.3. The molecule has 1 saturated carbocycles. The third-order valence-corrected chi connectivity index (χ3v) is 5.23. The monoisotopic (exact) mass is 282 g/mol. The van der Waals surface area contributed by atoms with Crippen LogP contribution in [0.3, 0.4) is 0 Å². The van der Waals surface area contributed by atoms with Gasteiger partial charge in [0.2, 0.25) is 10.0 Å². The topological polar surface area (TPSA) is 72.2 Å². The molecule has 0 aliphatic heterocycles. The Hall–Kier alpha value is -1.07. The van der Waals surface area contributed by atoms with E-state index in [2.05, 4.69) is 11.6 Å². The lowest BCUT2D eigenvalue weighted by Crippen LogP contribution is -2.31. The smallest absolute Gasteiger partial charge is 0.215 e. The van der Waals surface area contributed by atoms with Gasteiger partial charge in [-0.3, -0.25) is 0 Å². The summed E-state index contributed by atoms with van der Waals surface area (Å²) in [6.07, 6.45) is 3.55. The lowest BCUT2D eigenvalue weighted by atomic mass is 9.99. The highest BCUT2D eigenvalue weighted by Crippen LogP contribution is 2.30. The van der Waals surface area contributed by atoms with Crippen LogP contribution in [0.1, 0.15) is 31.7 Å². The van der Waals surface area contributed by atoms with E-state index in [1.807, 2.05) is 0 Å². The molecule has 1 fully saturated rings. The number of hydrogen-bond acceptors (Lipinski definition) is 3. The third-order valence-electron chi connectivity index (χ3n) is 3.91. The van der Waals surface area contributed by atoms with Gasteiger partial charge in [0, 0.05) is 12.2 Å². The van der Waals surface area contributed by atoms with E-state index in [9.17, 15) is 8.42 Å². The lowest BCUT2D eigenvalue weighted by molar-refractivity contribution is 0.414. The van der Waals surface area contributed by atoms with E-state index in [1.54, 1.807) is 24.3 Å². The van der Waals surface area contributed by atoms with Crippen LogP contribution in [0.2, 0.25) is 0 Å². The molecule has 2 unspecified atom stereocenters. The van der Waals surface area contributed by atoms with Crippen LogP contribution in [-0.2, 0) is 15.8 Å². The van der Waals surface area contributed by atoms with E-state index >= 15 is 0 Å². The van der Waals surface area contributed by atoms with Crippen LogP contribution in [0.25, 0.3) is 0 Å². The van der Waals surface area contributed by atoms with Crippen LogP contribution < -0.4 is 10.5 Å². The lowest BCUT2D eigenvalue weighted by Gasteiger charge is -2.16. The fourth-order valence-electron chi connectivity index (χ4n) is 2.71. The van der Waals surface area contributed by atoms with E-state index < -0.39 is 10.0 Å². The summed E-state index contributed by atoms with van der Waals surface area (Å²) < 4.78 is 26.8. The number of nitrogens with one attached hydrogen (secondary N) is 1. The second-order valence-corrected chi connectivity index (χ2v) is 7.33. The summed E-state index contributed by atoms with van der Waals surface area (Å²) in [4.78, 5) is 0. The number of nitrogens with two attached hydrogens (primary N) is 1. The van der Waals surface area contributed by atoms with Gasteiger partial charge in [-0.15, -0.1) is 0 Å². The number of sulfonamides is 1. The SMILES string of the molecule is CC1CCCC1CNS(=O)(=O)Cc1cccc(N)c1. The molecule has 5 heteroatoms. The largest absolute Gasteiger partial charge is 0.399 e. The number of hydrogen-bond donors (Lipinski definition) is 2. The normalized spacial score (nSPS) is 23.6. The molecule has 106 valence electrons. The Labute approximate surface area is 115 Å². The molecule has 1 aliphatic carbocycles. The average molecular weight is 282 g/mol. The van der Waals surface area contributed by atoms with Crippen molar-refractivity contribution in [1.29, 1.82) is 0 Å². The van der Waals surface area contributed by atoms with Gasteiger partial charge in [0.25, 0.3) is 0 Å². The van der Waals surface area contributed by atoms with Crippen LogP contribution in [0.5, 0.6) is 0 Å². The first-order valence-corrected chi connectivity index (χ1v) is 8.43. The Bertz CT molecular complexity index is 528. The molecule has 4 nitrogen and oxygen atoms in total. The van der Waals surface area contributed by atoms with Crippen molar-refractivity contribution in [3.63, 3.8) is 0 Å². The highest BCUT2D eigenvalue weighted by Gasteiger charge is 2.24. The summed E-state index contributed by atoms with van der Waals surface area (Å²) >= 11 is 0. The number of benzene rings is 1. The predicted octanol–water partition coefficient (Wildman–Crippen LogP) is 2.12. The van der Waals surface area contributed by atoms with Gasteiger partial charge < -0.3 is 5.73 Å². The van der Waals surface area contributed by atoms with E-state index in [0.29, 0.717) is 24.1 Å². The van der Waals surface area contributed by atoms with E-state index in [-0.39, 0.29) is 5.75 Å². The van der Waals surface area contributed by atoms with Crippen molar-refractivity contribution in [2.75, 3.05) is 12.3 Å². The Morgan fingerprint density at radius 2 is 2.16 bits per heavy atom. The Morgan fingerprint density at radius 1 is 1.37 bits per heavy atom. The minimum absolute atomic E-state index is 0.000852. The molecule has 1 aliphatic rings. The molecule has 0 bridgehead atoms. The fourth-order valence-corrected chi connectivity index (χ4v) is 3.90. The van der Waals surface area contributed by atoms with E-state index in [0.717, 1.165) is 12.0 Å². The summed E-state index contributed by atoms with van der Waals surface area (Å²) in [7, 11) is -3.27. The van der Waals surface area contributed by atoms with Crippen LogP contribution in [0.4, 0.5) is 5.69 Å². The maximum atomic E-state index is 12.0. The molecular formula is C14H22N2O2S. The molecule has 19 heavy (non-hydrogen) atoms. The maximum Gasteiger partial charge on any atom is 0.215 e. The molecular weight excluding hydrogens is 260 g/mol. The van der Waals surface area contributed by atoms with Gasteiger partial charge in [-0.25, -0.2) is 13.1 Å². The van der Waals surface area contributed by atoms with Gasteiger partial charge in [0.15, 0.2) is 0 Å². The molecule has 1 aromatic carbocycles. The minimum atomic E-state index is -3.27. The number of nitrogen functional groups attached to an aromatic ring is 1. The van der Waals surface area contributed by atoms with Crippen molar-refractivity contribution < 1.29 is 8.42 Å². The third kappa shape index (κ3) is 4.21. The molecule has 0 radical (unpaired) electrons. The van der Waals surface area contributed by atoms with Gasteiger partial charge in [0.1, 0.15) is 0 Å². The summed E-state index contributed by atoms with van der Waals surface area (Å²) in [5.74, 6) is 1.10. The molecule has 0 saturated heterocycles. The first-order chi connectivity index (χ1) is 8.96. The zero-order valence-corrected chi connectivity index (χ0v) is 12.1. The summed E-state index contributed by atoms with van der Waals surface area (Å²) in [6.45, 7) is 2.76. The number of anilines is 1. The van der Waals surface area contributed by atoms with Gasteiger partial charge in [0.05, 0.1) is 5.75 Å². The average Bonchev–Trinajstić information content (AvgIpc) is 2.72. The fraction of sp³-hybridized carbons (Fsp3) is 0.571. The molecule has 2 atom stereocenters. The van der Waals surface area contributed by atoms with E-state index in [1.165, 1.54) is 12.8 Å². The number of rotatable bonds is 5. The summed E-state index contributed by atoms with van der Waals surface area (Å²) in [6, 6.07) is 7.02. The first-order valence-electron chi connectivity index (χ1n) is 6.78. The standard InChI is InChI=1S/C14H22N2O2S/c1-11-4-2-6-13(11)9-16-19(17,18)10-12-5-3-7-14(15)8-12/h3,5,7-8,11,13,16H,2,4,6,9-10,15H2,1H3. The van der Waals surface area contributed by atoms with Crippen molar-refractivity contribution in [1.82, 2.24) is 4.72 Å². The highest BCUT2D eigenvalue weighted by molar-refractivity contribution is 7.88. The summed E-state index contributed by atoms with van der Waals surface area (Å²) in [5, 5.41) is 0. The maximum absolute atomic E-state index is 12.0. The van der Waals surface area contributed by atoms with Gasteiger partial charge in [-0.2, -0.15) is 0 Å². The van der Waals surface area contributed by atoms with Gasteiger partial charge in [-0.05, 0) is 36.0 Å². The highest BCUT2D eigenvalue weighted by atomic mass is 32.2. The van der Waals surface area contributed by atoms with Crippen LogP contribution in [0.15, 0.2) is 24.3 Å². The van der Waals surface area contributed by atoms with Crippen LogP contribution >= 0.6 is 0 Å². The summed E-state index contributed by atoms with van der Waals surface area (Å²) in [5.41, 5.74) is 6.98. The second kappa shape index (κ2) is 5.92. The Balaban J connectivity index is 1.91. The second-order valence-electron chi connectivity index (χ2n) is 5.52. The zero-order chi connectivity index (χ0) is 13.9. The van der Waals surface area contributed by atoms with Crippen molar-refractivity contribution in [3.8, 4) is 0 Å². The molecule has 2 rings (SSSR count). The molecule has 0 heterocycles. The molecule has 1 aromatic rings. The van der Waals surface area contributed by atoms with Crippen LogP contribution in [0, 0.1) is 11.8 Å². The minimum Gasteiger partial charge on any atom is -0.399 e. The molecule has 3 N–H and O–H groups in total. The Kier molecular flexibility index (Phi) is 4.47. The molecule has 0 amide bonds. The zero-order valence-electron chi connectivity index (χ0n) is 11.3. The van der Waals surface area contributed by atoms with Gasteiger partial charge in [-0.1, -0.05) is 31.9 Å². The molecule has 0 aromatic heterocycles. The molecule has 0 spiro atoms. The Morgan fingerprint density at radius 3 is 2.79 bits per heavy atom. The van der Waals surface area contributed by atoms with Gasteiger partial charge >= 0.3 is 0 Å². The van der Waals surface area contributed by atoms with Crippen LogP contribution in [-0.4, -0.2) is 15.0 Å². The van der Waals surface area contributed by atoms with Crippen molar-refractivity contribution in [3.05, 3.63) is 29.8 Å². The van der Waals surface area contributed by atoms with Crippen molar-refractivity contribution in [2.24, 2.45) is 11.8 Å². The van der Waals surface area contributed by atoms with Crippen molar-refractivity contribution >= 4 is 15.7 Å². The van der Waals surface area contributed by atoms with E-state index in [4.69, 9.17) is 5.73 Å².